The number of alkyl halides is 2. The summed E-state index contributed by atoms with van der Waals surface area (Å²) in [5.41, 5.74) is -0.915. The largest absolute Gasteiger partial charge is 0.457 e. The van der Waals surface area contributed by atoms with Gasteiger partial charge in [0, 0.05) is 23.4 Å². The quantitative estimate of drug-likeness (QED) is 0.819. The molecule has 3 atom stereocenters. The average Bonchev–Trinajstić information content (AvgIpc) is 2.79. The lowest BCUT2D eigenvalue weighted by Gasteiger charge is -2.15. The number of hydrogen-bond donors (Lipinski definition) is 1. The van der Waals surface area contributed by atoms with Crippen molar-refractivity contribution in [2.45, 2.75) is 23.3 Å². The third-order valence-corrected chi connectivity index (χ3v) is 5.14. The summed E-state index contributed by atoms with van der Waals surface area (Å²) in [7, 11) is -3.87. The van der Waals surface area contributed by atoms with E-state index >= 15 is 0 Å². The normalized spacial score (nSPS) is 21.1. The van der Waals surface area contributed by atoms with Crippen LogP contribution in [0.3, 0.4) is 0 Å². The molecule has 3 rings (SSSR count). The predicted octanol–water partition coefficient (Wildman–Crippen LogP) is 3.71. The number of rotatable bonds is 3. The zero-order chi connectivity index (χ0) is 19.2. The summed E-state index contributed by atoms with van der Waals surface area (Å²) < 4.78 is 71.0. The molecule has 0 radical (unpaired) electrons. The second kappa shape index (κ2) is 7.38. The summed E-state index contributed by atoms with van der Waals surface area (Å²) in [6.07, 6.45) is -5.81. The van der Waals surface area contributed by atoms with Gasteiger partial charge in [0.05, 0.1) is 16.5 Å². The molecule has 1 aliphatic carbocycles. The minimum atomic E-state index is -3.87. The van der Waals surface area contributed by atoms with E-state index in [0.717, 1.165) is 30.5 Å². The topological polar surface area (TPSA) is 87.4 Å². The molecule has 2 aromatic carbocycles. The van der Waals surface area contributed by atoms with Gasteiger partial charge in [-0.1, -0.05) is 0 Å². The standard InChI is InChI=1S/C17H12F3NO4S.ClH/c1-26(23,24)12-3-2-11(13-14(12)17(22)16(20)15(13)19)25-10-5-8(7-21)4-9(18)6-10;/h2-6,15-17,22H,1H3;1H/t15-,16-,17+;/m1./s1. The Kier molecular flexibility index (Phi) is 5.75. The van der Waals surface area contributed by atoms with Crippen LogP contribution in [-0.2, 0) is 9.84 Å². The molecule has 0 fully saturated rings. The predicted molar refractivity (Wildman–Crippen MR) is 91.7 cm³/mol. The SMILES string of the molecule is CS(=O)(=O)c1ccc(Oc2cc(F)cc(C#N)c2)c2c1[C@H](O)[C@H](F)[C@@H]2F.Cl. The van der Waals surface area contributed by atoms with Crippen molar-refractivity contribution in [2.24, 2.45) is 0 Å². The molecule has 5 nitrogen and oxygen atoms in total. The first-order chi connectivity index (χ1) is 12.1. The van der Waals surface area contributed by atoms with E-state index in [-0.39, 0.29) is 29.5 Å². The molecular formula is C17H13ClF3NO4S. The monoisotopic (exact) mass is 419 g/mol. The number of nitrogens with zero attached hydrogens (tertiary/aromatic N) is 1. The van der Waals surface area contributed by atoms with Gasteiger partial charge < -0.3 is 9.84 Å². The first-order valence-electron chi connectivity index (χ1n) is 7.35. The fourth-order valence-corrected chi connectivity index (χ4v) is 3.84. The van der Waals surface area contributed by atoms with Crippen molar-refractivity contribution in [1.29, 1.82) is 5.26 Å². The number of aliphatic hydroxyl groups excluding tert-OH is 1. The van der Waals surface area contributed by atoms with Gasteiger partial charge in [-0.15, -0.1) is 12.4 Å². The Morgan fingerprint density at radius 2 is 1.85 bits per heavy atom. The number of aliphatic hydroxyl groups is 1. The highest BCUT2D eigenvalue weighted by Crippen LogP contribution is 2.50. The van der Waals surface area contributed by atoms with Gasteiger partial charge in [-0.2, -0.15) is 5.26 Å². The Morgan fingerprint density at radius 3 is 2.44 bits per heavy atom. The number of sulfone groups is 1. The number of halogens is 4. The van der Waals surface area contributed by atoms with E-state index in [0.29, 0.717) is 0 Å². The van der Waals surface area contributed by atoms with Gasteiger partial charge in [0.1, 0.15) is 23.4 Å². The molecule has 0 spiro atoms. The Balaban J connectivity index is 0.00000261. The highest BCUT2D eigenvalue weighted by molar-refractivity contribution is 7.90. The second-order valence-electron chi connectivity index (χ2n) is 5.84. The molecule has 0 saturated carbocycles. The lowest BCUT2D eigenvalue weighted by atomic mass is 10.1. The van der Waals surface area contributed by atoms with Gasteiger partial charge in [0.25, 0.3) is 0 Å². The maximum atomic E-state index is 14.4. The molecule has 0 bridgehead atoms. The van der Waals surface area contributed by atoms with Gasteiger partial charge in [0.2, 0.25) is 0 Å². The van der Waals surface area contributed by atoms with Gasteiger partial charge in [-0.3, -0.25) is 0 Å². The van der Waals surface area contributed by atoms with Crippen LogP contribution in [0.5, 0.6) is 11.5 Å². The van der Waals surface area contributed by atoms with Crippen molar-refractivity contribution in [3.8, 4) is 17.6 Å². The van der Waals surface area contributed by atoms with Crippen molar-refractivity contribution >= 4 is 22.2 Å². The lowest BCUT2D eigenvalue weighted by molar-refractivity contribution is 0.0454. The van der Waals surface area contributed by atoms with Crippen molar-refractivity contribution in [1.82, 2.24) is 0 Å². The highest BCUT2D eigenvalue weighted by Gasteiger charge is 2.45. The van der Waals surface area contributed by atoms with Crippen LogP contribution in [0, 0.1) is 17.1 Å². The summed E-state index contributed by atoms with van der Waals surface area (Å²) in [6.45, 7) is 0. The molecule has 144 valence electrons. The van der Waals surface area contributed by atoms with Crippen LogP contribution in [0.1, 0.15) is 29.0 Å². The van der Waals surface area contributed by atoms with Gasteiger partial charge >= 0.3 is 0 Å². The van der Waals surface area contributed by atoms with Crippen LogP contribution in [0.2, 0.25) is 0 Å². The fourth-order valence-electron chi connectivity index (χ4n) is 2.89. The molecule has 0 heterocycles. The van der Waals surface area contributed by atoms with E-state index < -0.39 is 50.1 Å². The molecule has 0 unspecified atom stereocenters. The van der Waals surface area contributed by atoms with E-state index in [1.165, 1.54) is 6.07 Å². The lowest BCUT2D eigenvalue weighted by Crippen LogP contribution is -2.11. The zero-order valence-corrected chi connectivity index (χ0v) is 15.3. The van der Waals surface area contributed by atoms with Crippen molar-refractivity contribution in [3.05, 3.63) is 52.8 Å². The molecule has 0 saturated heterocycles. The number of ether oxygens (including phenoxy) is 1. The van der Waals surface area contributed by atoms with Crippen LogP contribution in [0.4, 0.5) is 13.2 Å². The van der Waals surface area contributed by atoms with E-state index in [1.807, 2.05) is 0 Å². The Hall–Kier alpha value is -2.28. The summed E-state index contributed by atoms with van der Waals surface area (Å²) in [6, 6.07) is 6.96. The van der Waals surface area contributed by atoms with Crippen molar-refractivity contribution < 1.29 is 31.4 Å². The van der Waals surface area contributed by atoms with E-state index in [9.17, 15) is 26.7 Å². The maximum absolute atomic E-state index is 14.4. The zero-order valence-electron chi connectivity index (χ0n) is 13.7. The average molecular weight is 420 g/mol. The van der Waals surface area contributed by atoms with Gasteiger partial charge in [-0.05, 0) is 24.3 Å². The Morgan fingerprint density at radius 1 is 1.19 bits per heavy atom. The molecule has 27 heavy (non-hydrogen) atoms. The van der Waals surface area contributed by atoms with E-state index in [2.05, 4.69) is 0 Å². The molecule has 0 aliphatic heterocycles. The minimum Gasteiger partial charge on any atom is -0.457 e. The molecule has 0 amide bonds. The van der Waals surface area contributed by atoms with Crippen LogP contribution in [0.25, 0.3) is 0 Å². The van der Waals surface area contributed by atoms with Crippen LogP contribution < -0.4 is 4.74 Å². The first-order valence-corrected chi connectivity index (χ1v) is 9.24. The van der Waals surface area contributed by atoms with Gasteiger partial charge in [-0.25, -0.2) is 21.6 Å². The molecule has 10 heteroatoms. The molecule has 1 aliphatic rings. The number of benzene rings is 2. The second-order valence-corrected chi connectivity index (χ2v) is 7.83. The molecule has 1 N–H and O–H groups in total. The summed E-state index contributed by atoms with van der Waals surface area (Å²) in [4.78, 5) is -0.410. The van der Waals surface area contributed by atoms with E-state index in [1.54, 1.807) is 6.07 Å². The van der Waals surface area contributed by atoms with E-state index in [4.69, 9.17) is 10.00 Å². The van der Waals surface area contributed by atoms with Crippen LogP contribution in [-0.4, -0.2) is 26.0 Å². The summed E-state index contributed by atoms with van der Waals surface area (Å²) >= 11 is 0. The van der Waals surface area contributed by atoms with Crippen molar-refractivity contribution in [2.75, 3.05) is 6.26 Å². The summed E-state index contributed by atoms with van der Waals surface area (Å²) in [5, 5.41) is 18.8. The molecular weight excluding hydrogens is 407 g/mol. The third kappa shape index (κ3) is 3.74. The molecule has 0 aromatic heterocycles. The number of hydrogen-bond acceptors (Lipinski definition) is 5. The highest BCUT2D eigenvalue weighted by atomic mass is 35.5. The van der Waals surface area contributed by atoms with Crippen molar-refractivity contribution in [3.63, 3.8) is 0 Å². The number of nitriles is 1. The fraction of sp³-hybridized carbons (Fsp3) is 0.235. The maximum Gasteiger partial charge on any atom is 0.175 e. The van der Waals surface area contributed by atoms with Crippen LogP contribution in [0.15, 0.2) is 35.2 Å². The first kappa shape index (κ1) is 21.0. The minimum absolute atomic E-state index is 0. The van der Waals surface area contributed by atoms with Gasteiger partial charge in [0.15, 0.2) is 22.2 Å². The summed E-state index contributed by atoms with van der Waals surface area (Å²) in [5.74, 6) is -1.20. The van der Waals surface area contributed by atoms with Crippen LogP contribution >= 0.6 is 12.4 Å². The Bertz CT molecular complexity index is 1040. The number of fused-ring (bicyclic) bond motifs is 1. The third-order valence-electron chi connectivity index (χ3n) is 3.99. The smallest absolute Gasteiger partial charge is 0.175 e. The molecule has 2 aromatic rings. The Labute approximate surface area is 159 Å².